The van der Waals surface area contributed by atoms with Crippen molar-refractivity contribution in [2.75, 3.05) is 19.7 Å². The maximum Gasteiger partial charge on any atom is 0.199 e. The van der Waals surface area contributed by atoms with Gasteiger partial charge in [0, 0.05) is 18.4 Å². The highest BCUT2D eigenvalue weighted by molar-refractivity contribution is 5.34. The van der Waals surface area contributed by atoms with Crippen LogP contribution in [0.5, 0.6) is 5.75 Å². The molecule has 0 aliphatic carbocycles. The van der Waals surface area contributed by atoms with Gasteiger partial charge in [-0.3, -0.25) is 0 Å². The van der Waals surface area contributed by atoms with Crippen molar-refractivity contribution in [3.63, 3.8) is 0 Å². The van der Waals surface area contributed by atoms with E-state index in [1.165, 1.54) is 31.2 Å². The van der Waals surface area contributed by atoms with Gasteiger partial charge in [-0.15, -0.1) is 0 Å². The van der Waals surface area contributed by atoms with Gasteiger partial charge >= 0.3 is 0 Å². The minimum absolute atomic E-state index is 0.0534. The molecule has 3 nitrogen and oxygen atoms in total. The predicted molar refractivity (Wildman–Crippen MR) is 84.7 cm³/mol. The number of rotatable bonds is 5. The van der Waals surface area contributed by atoms with Crippen LogP contribution in [-0.2, 0) is 10.2 Å². The third-order valence-electron chi connectivity index (χ3n) is 4.84. The Morgan fingerprint density at radius 1 is 1.29 bits per heavy atom. The van der Waals surface area contributed by atoms with Crippen LogP contribution in [0.25, 0.3) is 0 Å². The van der Waals surface area contributed by atoms with Crippen LogP contribution in [0, 0.1) is 0 Å². The summed E-state index contributed by atoms with van der Waals surface area (Å²) in [6.07, 6.45) is 7.04. The van der Waals surface area contributed by atoms with Crippen LogP contribution in [-0.4, -0.2) is 26.0 Å². The highest BCUT2D eigenvalue weighted by Gasteiger charge is 2.34. The summed E-state index contributed by atoms with van der Waals surface area (Å²) in [6.45, 7) is 5.34. The minimum Gasteiger partial charge on any atom is -0.465 e. The van der Waals surface area contributed by atoms with Crippen LogP contribution in [0.1, 0.15) is 51.0 Å². The first kappa shape index (κ1) is 14.9. The summed E-state index contributed by atoms with van der Waals surface area (Å²) in [4.78, 5) is 0. The number of ether oxygens (including phenoxy) is 2. The summed E-state index contributed by atoms with van der Waals surface area (Å²) in [7, 11) is 0. The van der Waals surface area contributed by atoms with E-state index in [9.17, 15) is 0 Å². The first-order valence-electron chi connectivity index (χ1n) is 8.42. The molecule has 1 N–H and O–H groups in total. The van der Waals surface area contributed by atoms with Crippen molar-refractivity contribution in [1.29, 1.82) is 0 Å². The van der Waals surface area contributed by atoms with Crippen LogP contribution >= 0.6 is 0 Å². The molecule has 3 rings (SSSR count). The van der Waals surface area contributed by atoms with Gasteiger partial charge in [0.25, 0.3) is 0 Å². The minimum atomic E-state index is -0.0534. The Labute approximate surface area is 128 Å². The van der Waals surface area contributed by atoms with Gasteiger partial charge < -0.3 is 14.8 Å². The van der Waals surface area contributed by atoms with Crippen LogP contribution in [0.2, 0.25) is 0 Å². The summed E-state index contributed by atoms with van der Waals surface area (Å²) in [5.41, 5.74) is 1.78. The van der Waals surface area contributed by atoms with Crippen molar-refractivity contribution in [2.24, 2.45) is 0 Å². The van der Waals surface area contributed by atoms with Gasteiger partial charge in [0.05, 0.1) is 6.61 Å². The molecule has 0 spiro atoms. The molecule has 2 heterocycles. The Morgan fingerprint density at radius 3 is 2.76 bits per heavy atom. The molecule has 1 aromatic carbocycles. The zero-order valence-corrected chi connectivity index (χ0v) is 13.1. The van der Waals surface area contributed by atoms with Crippen LogP contribution in [0.4, 0.5) is 0 Å². The fourth-order valence-electron chi connectivity index (χ4n) is 3.67. The van der Waals surface area contributed by atoms with Crippen LogP contribution < -0.4 is 10.1 Å². The summed E-state index contributed by atoms with van der Waals surface area (Å²) in [6, 6.07) is 8.73. The number of hydrogen-bond donors (Lipinski definition) is 1. The van der Waals surface area contributed by atoms with Gasteiger partial charge in [-0.05, 0) is 49.9 Å². The first-order chi connectivity index (χ1) is 10.3. The molecular formula is C18H27NO2. The lowest BCUT2D eigenvalue weighted by Gasteiger charge is -2.29. The SMILES string of the molecule is CCC[C@@]1(c2ccc(O[C@H]3CCCCO3)cc2)CCNC1. The Balaban J connectivity index is 1.67. The Kier molecular flexibility index (Phi) is 4.81. The Hall–Kier alpha value is -1.06. The van der Waals surface area contributed by atoms with Crippen molar-refractivity contribution >= 4 is 0 Å². The second-order valence-corrected chi connectivity index (χ2v) is 6.40. The van der Waals surface area contributed by atoms with E-state index in [2.05, 4.69) is 36.5 Å². The highest BCUT2D eigenvalue weighted by atomic mass is 16.7. The summed E-state index contributed by atoms with van der Waals surface area (Å²) in [5, 5.41) is 3.53. The molecule has 116 valence electrons. The number of hydrogen-bond acceptors (Lipinski definition) is 3. The second-order valence-electron chi connectivity index (χ2n) is 6.40. The molecule has 2 fully saturated rings. The van der Waals surface area contributed by atoms with Gasteiger partial charge in [0.2, 0.25) is 0 Å². The van der Waals surface area contributed by atoms with E-state index < -0.39 is 0 Å². The van der Waals surface area contributed by atoms with E-state index in [4.69, 9.17) is 9.47 Å². The molecule has 0 amide bonds. The van der Waals surface area contributed by atoms with E-state index in [0.717, 1.165) is 38.3 Å². The molecule has 0 unspecified atom stereocenters. The molecular weight excluding hydrogens is 262 g/mol. The number of nitrogens with one attached hydrogen (secondary N) is 1. The van der Waals surface area contributed by atoms with E-state index in [1.807, 2.05) is 0 Å². The molecule has 0 radical (unpaired) electrons. The summed E-state index contributed by atoms with van der Waals surface area (Å²) in [5.74, 6) is 0.934. The first-order valence-corrected chi connectivity index (χ1v) is 8.42. The lowest BCUT2D eigenvalue weighted by atomic mass is 9.76. The zero-order chi connectivity index (χ0) is 14.5. The van der Waals surface area contributed by atoms with E-state index >= 15 is 0 Å². The molecule has 2 aliphatic rings. The van der Waals surface area contributed by atoms with Gasteiger partial charge in [0.1, 0.15) is 5.75 Å². The van der Waals surface area contributed by atoms with E-state index in [-0.39, 0.29) is 6.29 Å². The van der Waals surface area contributed by atoms with Gasteiger partial charge in [0.15, 0.2) is 6.29 Å². The molecule has 2 atom stereocenters. The second kappa shape index (κ2) is 6.80. The van der Waals surface area contributed by atoms with Crippen LogP contribution in [0.15, 0.2) is 24.3 Å². The molecule has 21 heavy (non-hydrogen) atoms. The molecule has 0 saturated carbocycles. The quantitative estimate of drug-likeness (QED) is 0.898. The lowest BCUT2D eigenvalue weighted by molar-refractivity contribution is -0.105. The van der Waals surface area contributed by atoms with Crippen molar-refractivity contribution in [2.45, 2.75) is 57.2 Å². The highest BCUT2D eigenvalue weighted by Crippen LogP contribution is 2.36. The molecule has 2 saturated heterocycles. The average molecular weight is 289 g/mol. The smallest absolute Gasteiger partial charge is 0.199 e. The molecule has 1 aromatic rings. The van der Waals surface area contributed by atoms with Crippen molar-refractivity contribution in [3.8, 4) is 5.75 Å². The zero-order valence-electron chi connectivity index (χ0n) is 13.1. The normalized spacial score (nSPS) is 29.5. The fourth-order valence-corrected chi connectivity index (χ4v) is 3.67. The van der Waals surface area contributed by atoms with Gasteiger partial charge in [-0.2, -0.15) is 0 Å². The van der Waals surface area contributed by atoms with Crippen molar-refractivity contribution < 1.29 is 9.47 Å². The van der Waals surface area contributed by atoms with Gasteiger partial charge in [-0.1, -0.05) is 25.5 Å². The molecule has 3 heteroatoms. The van der Waals surface area contributed by atoms with Gasteiger partial charge in [-0.25, -0.2) is 0 Å². The predicted octanol–water partition coefficient (Wildman–Crippen LogP) is 3.62. The lowest BCUT2D eigenvalue weighted by Crippen LogP contribution is -2.29. The third-order valence-corrected chi connectivity index (χ3v) is 4.84. The topological polar surface area (TPSA) is 30.5 Å². The fraction of sp³-hybridized carbons (Fsp3) is 0.667. The van der Waals surface area contributed by atoms with E-state index in [1.54, 1.807) is 0 Å². The summed E-state index contributed by atoms with van der Waals surface area (Å²) >= 11 is 0. The standard InChI is InChI=1S/C18H27NO2/c1-2-10-18(11-12-19-14-18)15-6-8-16(9-7-15)21-17-5-3-4-13-20-17/h6-9,17,19H,2-5,10-14H2,1H3/t17-,18+/m0/s1. The molecule has 0 bridgehead atoms. The van der Waals surface area contributed by atoms with Crippen molar-refractivity contribution in [1.82, 2.24) is 5.32 Å². The van der Waals surface area contributed by atoms with Crippen molar-refractivity contribution in [3.05, 3.63) is 29.8 Å². The Morgan fingerprint density at radius 2 is 2.14 bits per heavy atom. The molecule has 0 aromatic heterocycles. The largest absolute Gasteiger partial charge is 0.465 e. The monoisotopic (exact) mass is 289 g/mol. The molecule has 2 aliphatic heterocycles. The third kappa shape index (κ3) is 3.41. The summed E-state index contributed by atoms with van der Waals surface area (Å²) < 4.78 is 11.6. The Bertz CT molecular complexity index is 431. The van der Waals surface area contributed by atoms with Crippen LogP contribution in [0.3, 0.4) is 0 Å². The maximum atomic E-state index is 5.93. The number of benzene rings is 1. The maximum absolute atomic E-state index is 5.93. The van der Waals surface area contributed by atoms with E-state index in [0.29, 0.717) is 5.41 Å². The average Bonchev–Trinajstić information content (AvgIpc) is 2.99.